The number of oxazole rings is 1. The fraction of sp³-hybridized carbons (Fsp3) is 0.700. The van der Waals surface area contributed by atoms with Gasteiger partial charge in [0.1, 0.15) is 5.76 Å². The standard InChI is InChI=1S/C8H13NOS.C2H6/c1-3-4-5-11-8-9-6-7(2)10-8;1-2/h6H,3-5H2,1-2H3;1-2H3. The summed E-state index contributed by atoms with van der Waals surface area (Å²) in [6, 6.07) is 0. The largest absolute Gasteiger partial charge is 0.437 e. The predicted octanol–water partition coefficient (Wildman–Crippen LogP) is 3.90. The SMILES string of the molecule is CC.CCCCSc1ncc(C)o1. The van der Waals surface area contributed by atoms with Gasteiger partial charge in [-0.15, -0.1) is 0 Å². The second-order valence-electron chi connectivity index (χ2n) is 2.44. The molecule has 3 heteroatoms. The van der Waals surface area contributed by atoms with Gasteiger partial charge in [0.25, 0.3) is 5.22 Å². The van der Waals surface area contributed by atoms with E-state index in [1.54, 1.807) is 18.0 Å². The molecule has 0 spiro atoms. The van der Waals surface area contributed by atoms with Gasteiger partial charge in [0.05, 0.1) is 6.20 Å². The lowest BCUT2D eigenvalue weighted by Crippen LogP contribution is -1.76. The summed E-state index contributed by atoms with van der Waals surface area (Å²) in [4.78, 5) is 4.08. The maximum Gasteiger partial charge on any atom is 0.255 e. The third kappa shape index (κ3) is 5.75. The normalized spacial score (nSPS) is 9.23. The molecule has 13 heavy (non-hydrogen) atoms. The number of aryl methyl sites for hydroxylation is 1. The maximum atomic E-state index is 5.28. The molecule has 0 radical (unpaired) electrons. The van der Waals surface area contributed by atoms with E-state index in [4.69, 9.17) is 4.42 Å². The molecule has 1 rings (SSSR count). The summed E-state index contributed by atoms with van der Waals surface area (Å²) < 4.78 is 5.28. The minimum Gasteiger partial charge on any atom is -0.437 e. The Kier molecular flexibility index (Phi) is 7.90. The molecule has 76 valence electrons. The van der Waals surface area contributed by atoms with Gasteiger partial charge in [0, 0.05) is 5.75 Å². The van der Waals surface area contributed by atoms with Gasteiger partial charge < -0.3 is 4.42 Å². The lowest BCUT2D eigenvalue weighted by Gasteiger charge is -1.92. The van der Waals surface area contributed by atoms with Crippen LogP contribution in [0.15, 0.2) is 15.8 Å². The summed E-state index contributed by atoms with van der Waals surface area (Å²) in [6.07, 6.45) is 4.22. The molecule has 0 saturated carbocycles. The number of unbranched alkanes of at least 4 members (excludes halogenated alkanes) is 1. The highest BCUT2D eigenvalue weighted by Crippen LogP contribution is 2.18. The van der Waals surface area contributed by atoms with Gasteiger partial charge in [-0.3, -0.25) is 0 Å². The van der Waals surface area contributed by atoms with Gasteiger partial charge in [0.2, 0.25) is 0 Å². The highest BCUT2D eigenvalue weighted by Gasteiger charge is 1.98. The van der Waals surface area contributed by atoms with Gasteiger partial charge in [-0.05, 0) is 13.3 Å². The first-order valence-electron chi connectivity index (χ1n) is 4.88. The van der Waals surface area contributed by atoms with Gasteiger partial charge in [-0.1, -0.05) is 39.0 Å². The Labute approximate surface area is 85.1 Å². The van der Waals surface area contributed by atoms with Crippen LogP contribution in [-0.4, -0.2) is 10.7 Å². The van der Waals surface area contributed by atoms with Crippen molar-refractivity contribution >= 4 is 11.8 Å². The first-order chi connectivity index (χ1) is 6.33. The van der Waals surface area contributed by atoms with E-state index in [9.17, 15) is 0 Å². The zero-order chi connectivity index (χ0) is 10.1. The zero-order valence-corrected chi connectivity index (χ0v) is 9.78. The number of aromatic nitrogens is 1. The number of thioether (sulfide) groups is 1. The van der Waals surface area contributed by atoms with Crippen LogP contribution in [0.1, 0.15) is 39.4 Å². The van der Waals surface area contributed by atoms with E-state index in [1.165, 1.54) is 12.8 Å². The molecule has 1 aromatic heterocycles. The Morgan fingerprint density at radius 1 is 1.46 bits per heavy atom. The van der Waals surface area contributed by atoms with Crippen LogP contribution in [0.25, 0.3) is 0 Å². The molecule has 1 aromatic rings. The Hall–Kier alpha value is -0.440. The van der Waals surface area contributed by atoms with Crippen LogP contribution in [-0.2, 0) is 0 Å². The maximum absolute atomic E-state index is 5.28. The summed E-state index contributed by atoms with van der Waals surface area (Å²) in [5.74, 6) is 2.00. The van der Waals surface area contributed by atoms with Crippen molar-refractivity contribution in [1.82, 2.24) is 4.98 Å². The minimum atomic E-state index is 0.802. The van der Waals surface area contributed by atoms with Crippen molar-refractivity contribution in [2.24, 2.45) is 0 Å². The smallest absolute Gasteiger partial charge is 0.255 e. The van der Waals surface area contributed by atoms with Gasteiger partial charge in [-0.25, -0.2) is 4.98 Å². The van der Waals surface area contributed by atoms with E-state index in [0.29, 0.717) is 0 Å². The molecule has 0 saturated heterocycles. The quantitative estimate of drug-likeness (QED) is 0.546. The van der Waals surface area contributed by atoms with Gasteiger partial charge in [0.15, 0.2) is 0 Å². The molecular formula is C10H19NOS. The summed E-state index contributed by atoms with van der Waals surface area (Å²) >= 11 is 1.69. The highest BCUT2D eigenvalue weighted by atomic mass is 32.2. The molecule has 0 N–H and O–H groups in total. The fourth-order valence-corrected chi connectivity index (χ4v) is 1.63. The van der Waals surface area contributed by atoms with Crippen molar-refractivity contribution in [1.29, 1.82) is 0 Å². The number of nitrogens with zero attached hydrogens (tertiary/aromatic N) is 1. The van der Waals surface area contributed by atoms with E-state index >= 15 is 0 Å². The van der Waals surface area contributed by atoms with Crippen LogP contribution in [0.3, 0.4) is 0 Å². The van der Waals surface area contributed by atoms with Crippen molar-refractivity contribution in [3.05, 3.63) is 12.0 Å². The van der Waals surface area contributed by atoms with Crippen LogP contribution in [0.2, 0.25) is 0 Å². The second-order valence-corrected chi connectivity index (χ2v) is 3.48. The van der Waals surface area contributed by atoms with E-state index in [2.05, 4.69) is 11.9 Å². The first-order valence-corrected chi connectivity index (χ1v) is 5.86. The van der Waals surface area contributed by atoms with Gasteiger partial charge in [-0.2, -0.15) is 0 Å². The van der Waals surface area contributed by atoms with Crippen LogP contribution < -0.4 is 0 Å². The first kappa shape index (κ1) is 12.6. The third-order valence-corrected chi connectivity index (χ3v) is 2.25. The monoisotopic (exact) mass is 201 g/mol. The van der Waals surface area contributed by atoms with Crippen molar-refractivity contribution in [3.8, 4) is 0 Å². The summed E-state index contributed by atoms with van der Waals surface area (Å²) in [6.45, 7) is 8.10. The Morgan fingerprint density at radius 3 is 2.62 bits per heavy atom. The number of hydrogen-bond acceptors (Lipinski definition) is 3. The summed E-state index contributed by atoms with van der Waals surface area (Å²) in [5, 5.41) is 0.802. The molecule has 0 aliphatic rings. The van der Waals surface area contributed by atoms with Crippen LogP contribution in [0, 0.1) is 6.92 Å². The van der Waals surface area contributed by atoms with E-state index in [0.717, 1.165) is 16.7 Å². The molecular weight excluding hydrogens is 182 g/mol. The average Bonchev–Trinajstić information content (AvgIpc) is 2.56. The minimum absolute atomic E-state index is 0.802. The average molecular weight is 201 g/mol. The number of rotatable bonds is 4. The Bertz CT molecular complexity index is 210. The summed E-state index contributed by atoms with van der Waals surface area (Å²) in [5.41, 5.74) is 0. The van der Waals surface area contributed by atoms with Crippen LogP contribution in [0.4, 0.5) is 0 Å². The van der Waals surface area contributed by atoms with E-state index < -0.39 is 0 Å². The lowest BCUT2D eigenvalue weighted by atomic mass is 10.4. The van der Waals surface area contributed by atoms with Gasteiger partial charge >= 0.3 is 0 Å². The van der Waals surface area contributed by atoms with Crippen molar-refractivity contribution in [2.75, 3.05) is 5.75 Å². The molecule has 0 aliphatic heterocycles. The van der Waals surface area contributed by atoms with Crippen molar-refractivity contribution in [2.45, 2.75) is 45.8 Å². The molecule has 0 fully saturated rings. The molecule has 0 aromatic carbocycles. The molecule has 0 unspecified atom stereocenters. The molecule has 0 aliphatic carbocycles. The topological polar surface area (TPSA) is 26.0 Å². The van der Waals surface area contributed by atoms with Crippen molar-refractivity contribution < 1.29 is 4.42 Å². The fourth-order valence-electron chi connectivity index (χ4n) is 0.705. The predicted molar refractivity (Wildman–Crippen MR) is 58.2 cm³/mol. The van der Waals surface area contributed by atoms with Crippen LogP contribution in [0.5, 0.6) is 0 Å². The third-order valence-electron chi connectivity index (χ3n) is 1.32. The summed E-state index contributed by atoms with van der Waals surface area (Å²) in [7, 11) is 0. The second kappa shape index (κ2) is 8.17. The molecule has 0 amide bonds. The van der Waals surface area contributed by atoms with Crippen LogP contribution >= 0.6 is 11.8 Å². The number of hydrogen-bond donors (Lipinski definition) is 0. The van der Waals surface area contributed by atoms with E-state index in [1.807, 2.05) is 20.8 Å². The lowest BCUT2D eigenvalue weighted by molar-refractivity contribution is 0.431. The zero-order valence-electron chi connectivity index (χ0n) is 8.96. The highest BCUT2D eigenvalue weighted by molar-refractivity contribution is 7.99. The Morgan fingerprint density at radius 2 is 2.15 bits per heavy atom. The van der Waals surface area contributed by atoms with Crippen molar-refractivity contribution in [3.63, 3.8) is 0 Å². The molecule has 2 nitrogen and oxygen atoms in total. The molecule has 1 heterocycles. The molecule has 0 atom stereocenters. The van der Waals surface area contributed by atoms with E-state index in [-0.39, 0.29) is 0 Å². The molecule has 0 bridgehead atoms. The Balaban J connectivity index is 0.000000671.